The lowest BCUT2D eigenvalue weighted by Gasteiger charge is -2.28. The number of hydrogen-bond donors (Lipinski definition) is 0. The summed E-state index contributed by atoms with van der Waals surface area (Å²) in [7, 11) is 0. The molecule has 3 aromatic rings. The van der Waals surface area contributed by atoms with Crippen LogP contribution >= 0.6 is 0 Å². The zero-order chi connectivity index (χ0) is 24.1. The third-order valence-electron chi connectivity index (χ3n) is 7.28. The van der Waals surface area contributed by atoms with Gasteiger partial charge in [0.1, 0.15) is 5.82 Å². The second-order valence-corrected chi connectivity index (χ2v) is 9.51. The molecule has 3 heteroatoms. The zero-order valence-corrected chi connectivity index (χ0v) is 20.1. The summed E-state index contributed by atoms with van der Waals surface area (Å²) in [5.74, 6) is -0.819. The maximum absolute atomic E-state index is 14.9. The summed E-state index contributed by atoms with van der Waals surface area (Å²) in [6.45, 7) is 4.23. The Morgan fingerprint density at radius 3 is 2.12 bits per heavy atom. The number of halogens is 3. The maximum Gasteiger partial charge on any atom is 0.166 e. The van der Waals surface area contributed by atoms with Gasteiger partial charge in [0, 0.05) is 5.56 Å². The summed E-state index contributed by atoms with van der Waals surface area (Å²) in [6, 6.07) is 16.4. The summed E-state index contributed by atoms with van der Waals surface area (Å²) in [5.41, 5.74) is 4.11. The van der Waals surface area contributed by atoms with Crippen LogP contribution in [0.2, 0.25) is 0 Å². The van der Waals surface area contributed by atoms with Crippen LogP contribution in [-0.2, 0) is 6.42 Å². The lowest BCUT2D eigenvalue weighted by atomic mass is 9.77. The molecular formula is C31H33F3. The van der Waals surface area contributed by atoms with Crippen LogP contribution in [-0.4, -0.2) is 0 Å². The van der Waals surface area contributed by atoms with E-state index in [-0.39, 0.29) is 17.3 Å². The Bertz CT molecular complexity index is 1140. The summed E-state index contributed by atoms with van der Waals surface area (Å²) in [4.78, 5) is 0. The molecule has 34 heavy (non-hydrogen) atoms. The minimum atomic E-state index is -0.773. The highest BCUT2D eigenvalue weighted by Crippen LogP contribution is 2.38. The fourth-order valence-electron chi connectivity index (χ4n) is 5.08. The average Bonchev–Trinajstić information content (AvgIpc) is 2.87. The van der Waals surface area contributed by atoms with Crippen molar-refractivity contribution in [3.63, 3.8) is 0 Å². The predicted molar refractivity (Wildman–Crippen MR) is 136 cm³/mol. The van der Waals surface area contributed by atoms with E-state index < -0.39 is 11.6 Å². The van der Waals surface area contributed by atoms with E-state index in [0.717, 1.165) is 73.1 Å². The highest BCUT2D eigenvalue weighted by atomic mass is 19.2. The van der Waals surface area contributed by atoms with E-state index in [1.165, 1.54) is 0 Å². The first-order chi connectivity index (χ1) is 16.5. The van der Waals surface area contributed by atoms with Gasteiger partial charge in [-0.2, -0.15) is 0 Å². The molecule has 0 atom stereocenters. The molecule has 1 aliphatic rings. The summed E-state index contributed by atoms with van der Waals surface area (Å²) in [5, 5.41) is 0. The predicted octanol–water partition coefficient (Wildman–Crippen LogP) is 9.58. The van der Waals surface area contributed by atoms with Crippen molar-refractivity contribution in [2.45, 2.75) is 64.7 Å². The second-order valence-electron chi connectivity index (χ2n) is 9.51. The molecule has 0 aliphatic heterocycles. The summed E-state index contributed by atoms with van der Waals surface area (Å²) in [6.07, 6.45) is 10.2. The van der Waals surface area contributed by atoms with Crippen molar-refractivity contribution in [1.29, 1.82) is 0 Å². The number of rotatable bonds is 7. The van der Waals surface area contributed by atoms with E-state index in [1.807, 2.05) is 43.3 Å². The van der Waals surface area contributed by atoms with Crippen LogP contribution in [0.15, 0.2) is 54.6 Å². The molecule has 0 N–H and O–H groups in total. The minimum absolute atomic E-state index is 0.115. The third-order valence-corrected chi connectivity index (χ3v) is 7.28. The van der Waals surface area contributed by atoms with Gasteiger partial charge in [-0.1, -0.05) is 87.4 Å². The summed E-state index contributed by atoms with van der Waals surface area (Å²) < 4.78 is 44.0. The van der Waals surface area contributed by atoms with Crippen LogP contribution in [0, 0.1) is 23.4 Å². The molecule has 3 aromatic carbocycles. The van der Waals surface area contributed by atoms with Gasteiger partial charge in [0.05, 0.1) is 0 Å². The van der Waals surface area contributed by atoms with E-state index in [9.17, 15) is 13.2 Å². The van der Waals surface area contributed by atoms with Gasteiger partial charge < -0.3 is 0 Å². The summed E-state index contributed by atoms with van der Waals surface area (Å²) >= 11 is 0. The van der Waals surface area contributed by atoms with Crippen LogP contribution < -0.4 is 0 Å². The zero-order valence-electron chi connectivity index (χ0n) is 20.1. The van der Waals surface area contributed by atoms with Crippen LogP contribution in [0.3, 0.4) is 0 Å². The Morgan fingerprint density at radius 1 is 0.765 bits per heavy atom. The first-order valence-corrected chi connectivity index (χ1v) is 12.5. The molecule has 0 amide bonds. The molecule has 0 aromatic heterocycles. The molecule has 1 fully saturated rings. The van der Waals surface area contributed by atoms with E-state index in [0.29, 0.717) is 5.56 Å². The fourth-order valence-corrected chi connectivity index (χ4v) is 5.08. The molecule has 178 valence electrons. The molecular weight excluding hydrogens is 429 g/mol. The van der Waals surface area contributed by atoms with E-state index in [4.69, 9.17) is 0 Å². The van der Waals surface area contributed by atoms with Gasteiger partial charge in [0.2, 0.25) is 0 Å². The highest BCUT2D eigenvalue weighted by Gasteiger charge is 2.25. The molecule has 0 radical (unpaired) electrons. The first-order valence-electron chi connectivity index (χ1n) is 12.5. The second kappa shape index (κ2) is 11.1. The topological polar surface area (TPSA) is 0 Å². The van der Waals surface area contributed by atoms with Crippen molar-refractivity contribution in [1.82, 2.24) is 0 Å². The van der Waals surface area contributed by atoms with E-state index >= 15 is 0 Å². The van der Waals surface area contributed by atoms with Gasteiger partial charge in [-0.25, -0.2) is 13.2 Å². The molecule has 0 unspecified atom stereocenters. The fraction of sp³-hybridized carbons (Fsp3) is 0.355. The quantitative estimate of drug-likeness (QED) is 0.307. The Labute approximate surface area is 201 Å². The standard InChI is InChI=1S/C31H33F3/c1-3-5-25-16-17-27(20-29(25)32)23-11-8-22(9-12-23)10-15-26-18-19-28(31(34)30(26)33)24-13-6-21(4-2)7-14-24/h8-12,15-21,24H,3-7,13-14H2,1-2H3/b15-10+. The Balaban J connectivity index is 1.46. The highest BCUT2D eigenvalue weighted by molar-refractivity contribution is 5.72. The van der Waals surface area contributed by atoms with Gasteiger partial charge >= 0.3 is 0 Å². The Hall–Kier alpha value is -2.81. The van der Waals surface area contributed by atoms with Crippen molar-refractivity contribution in [3.8, 4) is 11.1 Å². The first kappa shape index (κ1) is 24.3. The Morgan fingerprint density at radius 2 is 1.47 bits per heavy atom. The van der Waals surface area contributed by atoms with Gasteiger partial charge in [-0.05, 0) is 77.8 Å². The smallest absolute Gasteiger partial charge is 0.166 e. The van der Waals surface area contributed by atoms with Crippen molar-refractivity contribution in [2.75, 3.05) is 0 Å². The molecule has 0 bridgehead atoms. The van der Waals surface area contributed by atoms with Gasteiger partial charge in [-0.3, -0.25) is 0 Å². The van der Waals surface area contributed by atoms with Crippen LogP contribution in [0.1, 0.15) is 80.5 Å². The van der Waals surface area contributed by atoms with E-state index in [1.54, 1.807) is 30.4 Å². The normalized spacial score (nSPS) is 18.5. The molecule has 4 rings (SSSR count). The molecule has 0 spiro atoms. The molecule has 1 saturated carbocycles. The lowest BCUT2D eigenvalue weighted by Crippen LogP contribution is -2.14. The molecule has 0 nitrogen and oxygen atoms in total. The van der Waals surface area contributed by atoms with Gasteiger partial charge in [-0.15, -0.1) is 0 Å². The van der Waals surface area contributed by atoms with Crippen molar-refractivity contribution < 1.29 is 13.2 Å². The lowest BCUT2D eigenvalue weighted by molar-refractivity contribution is 0.312. The van der Waals surface area contributed by atoms with Crippen molar-refractivity contribution >= 4 is 12.2 Å². The van der Waals surface area contributed by atoms with Crippen LogP contribution in [0.5, 0.6) is 0 Å². The molecule has 1 aliphatic carbocycles. The number of aryl methyl sites for hydroxylation is 1. The number of hydrogen-bond acceptors (Lipinski definition) is 0. The van der Waals surface area contributed by atoms with Crippen molar-refractivity contribution in [3.05, 3.63) is 94.3 Å². The average molecular weight is 463 g/mol. The van der Waals surface area contributed by atoms with Crippen LogP contribution in [0.25, 0.3) is 23.3 Å². The van der Waals surface area contributed by atoms with Crippen LogP contribution in [0.4, 0.5) is 13.2 Å². The van der Waals surface area contributed by atoms with E-state index in [2.05, 4.69) is 6.92 Å². The molecule has 0 saturated heterocycles. The van der Waals surface area contributed by atoms with Gasteiger partial charge in [0.25, 0.3) is 0 Å². The third kappa shape index (κ3) is 5.46. The van der Waals surface area contributed by atoms with Crippen molar-refractivity contribution in [2.24, 2.45) is 5.92 Å². The van der Waals surface area contributed by atoms with Gasteiger partial charge in [0.15, 0.2) is 11.6 Å². The molecule has 0 heterocycles. The Kier molecular flexibility index (Phi) is 7.92. The number of benzene rings is 3. The minimum Gasteiger partial charge on any atom is -0.207 e. The SMILES string of the molecule is CCCc1ccc(-c2ccc(/C=C/c3ccc(C4CCC(CC)CC4)c(F)c3F)cc2)cc1F. The largest absolute Gasteiger partial charge is 0.207 e. The maximum atomic E-state index is 14.9. The monoisotopic (exact) mass is 462 g/mol.